The molecule has 6 heteroatoms. The highest BCUT2D eigenvalue weighted by Crippen LogP contribution is 2.40. The third-order valence-corrected chi connectivity index (χ3v) is 6.95. The Morgan fingerprint density at radius 1 is 1.23 bits per heavy atom. The molecule has 1 aromatic carbocycles. The number of thiophene rings is 1. The predicted octanol–water partition coefficient (Wildman–Crippen LogP) is 5.97. The standard InChI is InChI=1S/C25H33NO4S/c1-5-7-17(4)18-9-11-19(12-10-18)30-15-22(27)26-24-23(25(28)29-6-2)20-13-8-16(3)14-21(20)31-24/h9-12,16-17H,5-8,13-15H2,1-4H3,(H,26,27)/t16-,17-/m0/s1. The lowest BCUT2D eigenvalue weighted by atomic mass is 9.88. The van der Waals surface area contributed by atoms with Crippen LogP contribution in [0.25, 0.3) is 0 Å². The molecule has 1 heterocycles. The van der Waals surface area contributed by atoms with Gasteiger partial charge in [0.1, 0.15) is 10.8 Å². The van der Waals surface area contributed by atoms with Crippen molar-refractivity contribution in [2.75, 3.05) is 18.5 Å². The van der Waals surface area contributed by atoms with Gasteiger partial charge in [-0.2, -0.15) is 0 Å². The van der Waals surface area contributed by atoms with Gasteiger partial charge in [-0.25, -0.2) is 4.79 Å². The second-order valence-electron chi connectivity index (χ2n) is 8.37. The zero-order valence-corrected chi connectivity index (χ0v) is 19.8. The molecule has 168 valence electrons. The average Bonchev–Trinajstić information content (AvgIpc) is 3.09. The van der Waals surface area contributed by atoms with E-state index in [-0.39, 0.29) is 18.5 Å². The van der Waals surface area contributed by atoms with E-state index < -0.39 is 0 Å². The largest absolute Gasteiger partial charge is 0.484 e. The van der Waals surface area contributed by atoms with Crippen molar-refractivity contribution in [2.24, 2.45) is 5.92 Å². The summed E-state index contributed by atoms with van der Waals surface area (Å²) in [4.78, 5) is 26.3. The van der Waals surface area contributed by atoms with E-state index in [1.807, 2.05) is 12.1 Å². The average molecular weight is 444 g/mol. The molecule has 1 aliphatic rings. The number of amides is 1. The van der Waals surface area contributed by atoms with Crippen LogP contribution in [0.1, 0.15) is 79.2 Å². The van der Waals surface area contributed by atoms with Gasteiger partial charge >= 0.3 is 5.97 Å². The molecule has 0 radical (unpaired) electrons. The number of rotatable bonds is 9. The Bertz CT molecular complexity index is 903. The molecular formula is C25H33NO4S. The molecule has 1 aliphatic carbocycles. The summed E-state index contributed by atoms with van der Waals surface area (Å²) in [5.41, 5.74) is 2.84. The summed E-state index contributed by atoms with van der Waals surface area (Å²) in [5, 5.41) is 3.47. The number of carbonyl (C=O) groups excluding carboxylic acids is 2. The molecule has 0 saturated heterocycles. The minimum atomic E-state index is -0.359. The second-order valence-corrected chi connectivity index (χ2v) is 9.48. The van der Waals surface area contributed by atoms with Gasteiger partial charge in [-0.05, 0) is 67.7 Å². The summed E-state index contributed by atoms with van der Waals surface area (Å²) >= 11 is 1.49. The highest BCUT2D eigenvalue weighted by Gasteiger charge is 2.29. The van der Waals surface area contributed by atoms with Crippen LogP contribution in [-0.2, 0) is 22.4 Å². The van der Waals surface area contributed by atoms with E-state index in [1.54, 1.807) is 6.92 Å². The first-order valence-corrected chi connectivity index (χ1v) is 12.1. The Morgan fingerprint density at radius 3 is 2.65 bits per heavy atom. The van der Waals surface area contributed by atoms with E-state index in [2.05, 4.69) is 38.2 Å². The lowest BCUT2D eigenvalue weighted by Gasteiger charge is -2.18. The van der Waals surface area contributed by atoms with Crippen molar-refractivity contribution in [3.8, 4) is 5.75 Å². The normalized spacial score (nSPS) is 16.3. The summed E-state index contributed by atoms with van der Waals surface area (Å²) in [6.45, 7) is 8.61. The SMILES string of the molecule is CCC[C@H](C)c1ccc(OCC(=O)Nc2sc3c(c2C(=O)OCC)CC[C@H](C)C3)cc1. The maximum Gasteiger partial charge on any atom is 0.341 e. The fourth-order valence-corrected chi connectivity index (χ4v) is 5.48. The monoisotopic (exact) mass is 443 g/mol. The Kier molecular flexibility index (Phi) is 8.13. The van der Waals surface area contributed by atoms with Crippen LogP contribution in [0.4, 0.5) is 5.00 Å². The van der Waals surface area contributed by atoms with Crippen molar-refractivity contribution >= 4 is 28.2 Å². The van der Waals surface area contributed by atoms with Crippen LogP contribution in [-0.4, -0.2) is 25.1 Å². The predicted molar refractivity (Wildman–Crippen MR) is 125 cm³/mol. The first-order valence-electron chi connectivity index (χ1n) is 11.3. The first-order chi connectivity index (χ1) is 14.9. The van der Waals surface area contributed by atoms with E-state index in [4.69, 9.17) is 9.47 Å². The molecule has 0 unspecified atom stereocenters. The van der Waals surface area contributed by atoms with Crippen LogP contribution < -0.4 is 10.1 Å². The minimum Gasteiger partial charge on any atom is -0.484 e. The molecule has 1 amide bonds. The minimum absolute atomic E-state index is 0.106. The quantitative estimate of drug-likeness (QED) is 0.485. The molecule has 1 aromatic heterocycles. The third kappa shape index (κ3) is 5.88. The zero-order chi connectivity index (χ0) is 22.4. The van der Waals surface area contributed by atoms with Crippen LogP contribution in [0.5, 0.6) is 5.75 Å². The van der Waals surface area contributed by atoms with Crippen molar-refractivity contribution < 1.29 is 19.1 Å². The molecule has 0 spiro atoms. The van der Waals surface area contributed by atoms with Crippen molar-refractivity contribution in [2.45, 2.75) is 65.7 Å². The lowest BCUT2D eigenvalue weighted by Crippen LogP contribution is -2.21. The molecule has 1 N–H and O–H groups in total. The molecule has 0 saturated carbocycles. The third-order valence-electron chi connectivity index (χ3n) is 5.78. The number of anilines is 1. The maximum atomic E-state index is 12.6. The Labute approximate surface area is 189 Å². The number of carbonyl (C=O) groups is 2. The van der Waals surface area contributed by atoms with E-state index in [9.17, 15) is 9.59 Å². The van der Waals surface area contributed by atoms with Crippen molar-refractivity contribution in [3.63, 3.8) is 0 Å². The smallest absolute Gasteiger partial charge is 0.341 e. The molecular weight excluding hydrogens is 410 g/mol. The second kappa shape index (κ2) is 10.8. The van der Waals surface area contributed by atoms with Crippen molar-refractivity contribution in [3.05, 3.63) is 45.8 Å². The van der Waals surface area contributed by atoms with Gasteiger partial charge in [-0.3, -0.25) is 4.79 Å². The van der Waals surface area contributed by atoms with E-state index in [0.29, 0.717) is 34.8 Å². The van der Waals surface area contributed by atoms with Crippen LogP contribution in [0.15, 0.2) is 24.3 Å². The van der Waals surface area contributed by atoms with Crippen LogP contribution in [0.2, 0.25) is 0 Å². The number of nitrogens with one attached hydrogen (secondary N) is 1. The fourth-order valence-electron chi connectivity index (χ4n) is 4.06. The highest BCUT2D eigenvalue weighted by molar-refractivity contribution is 7.17. The molecule has 5 nitrogen and oxygen atoms in total. The Balaban J connectivity index is 1.65. The Hall–Kier alpha value is -2.34. The summed E-state index contributed by atoms with van der Waals surface area (Å²) in [6, 6.07) is 7.93. The van der Waals surface area contributed by atoms with E-state index in [1.165, 1.54) is 21.8 Å². The highest BCUT2D eigenvalue weighted by atomic mass is 32.1. The van der Waals surface area contributed by atoms with Gasteiger partial charge in [0.05, 0.1) is 12.2 Å². The molecule has 31 heavy (non-hydrogen) atoms. The topological polar surface area (TPSA) is 64.6 Å². The van der Waals surface area contributed by atoms with E-state index >= 15 is 0 Å². The summed E-state index contributed by atoms with van der Waals surface area (Å²) in [7, 11) is 0. The molecule has 0 aliphatic heterocycles. The maximum absolute atomic E-state index is 12.6. The number of hydrogen-bond donors (Lipinski definition) is 1. The lowest BCUT2D eigenvalue weighted by molar-refractivity contribution is -0.118. The van der Waals surface area contributed by atoms with Gasteiger partial charge < -0.3 is 14.8 Å². The molecule has 0 bridgehead atoms. The summed E-state index contributed by atoms with van der Waals surface area (Å²) in [6.07, 6.45) is 5.12. The number of hydrogen-bond acceptors (Lipinski definition) is 5. The van der Waals surface area contributed by atoms with Gasteiger partial charge in [0.2, 0.25) is 0 Å². The summed E-state index contributed by atoms with van der Waals surface area (Å²) < 4.78 is 10.9. The van der Waals surface area contributed by atoms with Gasteiger partial charge in [-0.15, -0.1) is 11.3 Å². The molecule has 3 rings (SSSR count). The number of esters is 1. The molecule has 2 atom stereocenters. The number of benzene rings is 1. The number of ether oxygens (including phenoxy) is 2. The van der Waals surface area contributed by atoms with Gasteiger partial charge in [0.25, 0.3) is 5.91 Å². The van der Waals surface area contributed by atoms with Crippen LogP contribution >= 0.6 is 11.3 Å². The fraction of sp³-hybridized carbons (Fsp3) is 0.520. The van der Waals surface area contributed by atoms with Crippen LogP contribution in [0, 0.1) is 5.92 Å². The van der Waals surface area contributed by atoms with Crippen LogP contribution in [0.3, 0.4) is 0 Å². The van der Waals surface area contributed by atoms with Gasteiger partial charge in [0.15, 0.2) is 6.61 Å². The number of fused-ring (bicyclic) bond motifs is 1. The summed E-state index contributed by atoms with van der Waals surface area (Å²) in [5.74, 6) is 1.11. The molecule has 0 fully saturated rings. The molecule has 2 aromatic rings. The van der Waals surface area contributed by atoms with E-state index in [0.717, 1.165) is 37.7 Å². The zero-order valence-electron chi connectivity index (χ0n) is 19.0. The Morgan fingerprint density at radius 2 is 1.97 bits per heavy atom. The first kappa shape index (κ1) is 23.3. The van der Waals surface area contributed by atoms with Gasteiger partial charge in [-0.1, -0.05) is 39.3 Å². The van der Waals surface area contributed by atoms with Crippen molar-refractivity contribution in [1.82, 2.24) is 0 Å². The van der Waals surface area contributed by atoms with Gasteiger partial charge in [0, 0.05) is 4.88 Å². The van der Waals surface area contributed by atoms with Crippen molar-refractivity contribution in [1.29, 1.82) is 0 Å².